The Labute approximate surface area is 113 Å². The van der Waals surface area contributed by atoms with Crippen LogP contribution in [0.3, 0.4) is 0 Å². The molecule has 2 rings (SSSR count). The molecule has 0 N–H and O–H groups in total. The molecule has 0 aliphatic carbocycles. The maximum atomic E-state index is 13.0. The van der Waals surface area contributed by atoms with Gasteiger partial charge in [-0.15, -0.1) is 0 Å². The Morgan fingerprint density at radius 3 is 2.84 bits per heavy atom. The van der Waals surface area contributed by atoms with Crippen molar-refractivity contribution in [3.8, 4) is 0 Å². The van der Waals surface area contributed by atoms with E-state index in [2.05, 4.69) is 16.9 Å². The first-order chi connectivity index (χ1) is 9.06. The number of carbonyl (C=O) groups is 1. The van der Waals surface area contributed by atoms with Gasteiger partial charge in [-0.25, -0.2) is 4.98 Å². The molecule has 0 bridgehead atoms. The van der Waals surface area contributed by atoms with Gasteiger partial charge in [0, 0.05) is 31.4 Å². The van der Waals surface area contributed by atoms with E-state index in [0.29, 0.717) is 11.5 Å². The van der Waals surface area contributed by atoms with Gasteiger partial charge in [-0.1, -0.05) is 0 Å². The van der Waals surface area contributed by atoms with Crippen LogP contribution in [0.5, 0.6) is 0 Å². The van der Waals surface area contributed by atoms with Crippen LogP contribution >= 0.6 is 0 Å². The second-order valence-electron chi connectivity index (χ2n) is 5.30. The molecule has 1 aliphatic rings. The van der Waals surface area contributed by atoms with Crippen LogP contribution in [0.1, 0.15) is 23.2 Å². The summed E-state index contributed by atoms with van der Waals surface area (Å²) in [6.07, 6.45) is 3.55. The van der Waals surface area contributed by atoms with Gasteiger partial charge in [0.05, 0.1) is 0 Å². The fraction of sp³-hybridized carbons (Fsp3) is 0.571. The summed E-state index contributed by atoms with van der Waals surface area (Å²) in [6, 6.07) is 2.74. The van der Waals surface area contributed by atoms with Crippen molar-refractivity contribution < 1.29 is 9.18 Å². The van der Waals surface area contributed by atoms with Crippen LogP contribution in [0.2, 0.25) is 0 Å². The van der Waals surface area contributed by atoms with Gasteiger partial charge in [0.15, 0.2) is 0 Å². The third-order valence-electron chi connectivity index (χ3n) is 3.69. The van der Waals surface area contributed by atoms with Crippen molar-refractivity contribution in [2.45, 2.75) is 12.8 Å². The van der Waals surface area contributed by atoms with Crippen LogP contribution in [0.15, 0.2) is 18.3 Å². The van der Waals surface area contributed by atoms with E-state index in [1.54, 1.807) is 18.0 Å². The van der Waals surface area contributed by atoms with Gasteiger partial charge in [-0.2, -0.15) is 4.39 Å². The summed E-state index contributed by atoms with van der Waals surface area (Å²) in [7, 11) is 3.89. The first-order valence-electron chi connectivity index (χ1n) is 6.62. The summed E-state index contributed by atoms with van der Waals surface area (Å²) in [5.74, 6) is -0.212. The molecular formula is C14H20FN3O. The second-order valence-corrected chi connectivity index (χ2v) is 5.30. The monoisotopic (exact) mass is 265 g/mol. The number of nitrogens with zero attached hydrogens (tertiary/aromatic N) is 3. The third-order valence-corrected chi connectivity index (χ3v) is 3.69. The lowest BCUT2D eigenvalue weighted by Gasteiger charge is -2.31. The highest BCUT2D eigenvalue weighted by Crippen LogP contribution is 2.17. The quantitative estimate of drug-likeness (QED) is 0.779. The van der Waals surface area contributed by atoms with Gasteiger partial charge >= 0.3 is 0 Å². The lowest BCUT2D eigenvalue weighted by Crippen LogP contribution is -2.38. The maximum absolute atomic E-state index is 13.0. The predicted octanol–water partition coefficient (Wildman–Crippen LogP) is 1.63. The molecule has 1 aliphatic heterocycles. The molecule has 1 amide bonds. The Balaban J connectivity index is 1.92. The molecule has 0 spiro atoms. The number of rotatable bonds is 3. The molecule has 0 atom stereocenters. The minimum atomic E-state index is -0.612. The zero-order valence-electron chi connectivity index (χ0n) is 11.5. The van der Waals surface area contributed by atoms with Gasteiger partial charge in [0.2, 0.25) is 5.95 Å². The van der Waals surface area contributed by atoms with Crippen molar-refractivity contribution in [3.63, 3.8) is 0 Å². The number of piperidine rings is 1. The molecule has 0 aromatic carbocycles. The lowest BCUT2D eigenvalue weighted by molar-refractivity contribution is 0.0746. The highest BCUT2D eigenvalue weighted by molar-refractivity contribution is 5.93. The topological polar surface area (TPSA) is 36.4 Å². The SMILES string of the molecule is CN1CCC(CN(C)C(=O)c2ccnc(F)c2)CC1. The van der Waals surface area contributed by atoms with Crippen LogP contribution in [-0.4, -0.2) is 54.4 Å². The fourth-order valence-electron chi connectivity index (χ4n) is 2.47. The first kappa shape index (κ1) is 13.9. The van der Waals surface area contributed by atoms with Crippen LogP contribution in [0.25, 0.3) is 0 Å². The normalized spacial score (nSPS) is 17.4. The summed E-state index contributed by atoms with van der Waals surface area (Å²) in [5.41, 5.74) is 0.364. The molecular weight excluding hydrogens is 245 g/mol. The second kappa shape index (κ2) is 6.10. The average molecular weight is 265 g/mol. The molecule has 0 radical (unpaired) electrons. The van der Waals surface area contributed by atoms with Crippen molar-refractivity contribution in [2.75, 3.05) is 33.7 Å². The standard InChI is InChI=1S/C14H20FN3O/c1-17-7-4-11(5-8-17)10-18(2)14(19)12-3-6-16-13(15)9-12/h3,6,9,11H,4-5,7-8,10H2,1-2H3. The molecule has 4 nitrogen and oxygen atoms in total. The Morgan fingerprint density at radius 1 is 1.53 bits per heavy atom. The highest BCUT2D eigenvalue weighted by Gasteiger charge is 2.21. The van der Waals surface area contributed by atoms with Gasteiger partial charge in [0.25, 0.3) is 5.91 Å². The smallest absolute Gasteiger partial charge is 0.253 e. The zero-order valence-corrected chi connectivity index (χ0v) is 11.5. The van der Waals surface area contributed by atoms with E-state index in [9.17, 15) is 9.18 Å². The molecule has 0 unspecified atom stereocenters. The molecule has 0 saturated carbocycles. The minimum Gasteiger partial charge on any atom is -0.341 e. The summed E-state index contributed by atoms with van der Waals surface area (Å²) >= 11 is 0. The fourth-order valence-corrected chi connectivity index (χ4v) is 2.47. The van der Waals surface area contributed by atoms with Gasteiger partial charge in [-0.3, -0.25) is 4.79 Å². The summed E-state index contributed by atoms with van der Waals surface area (Å²) in [4.78, 5) is 19.6. The van der Waals surface area contributed by atoms with E-state index >= 15 is 0 Å². The minimum absolute atomic E-state index is 0.139. The van der Waals surface area contributed by atoms with Crippen molar-refractivity contribution in [3.05, 3.63) is 29.8 Å². The average Bonchev–Trinajstić information content (AvgIpc) is 2.40. The van der Waals surface area contributed by atoms with Gasteiger partial charge < -0.3 is 9.80 Å². The highest BCUT2D eigenvalue weighted by atomic mass is 19.1. The van der Waals surface area contributed by atoms with E-state index in [4.69, 9.17) is 0 Å². The molecule has 5 heteroatoms. The van der Waals surface area contributed by atoms with Crippen LogP contribution in [-0.2, 0) is 0 Å². The predicted molar refractivity (Wildman–Crippen MR) is 71.4 cm³/mol. The molecule has 1 aromatic heterocycles. The first-order valence-corrected chi connectivity index (χ1v) is 6.62. The maximum Gasteiger partial charge on any atom is 0.253 e. The van der Waals surface area contributed by atoms with Gasteiger partial charge in [0.1, 0.15) is 0 Å². The molecule has 1 aromatic rings. The summed E-state index contributed by atoms with van der Waals surface area (Å²) in [5, 5.41) is 0. The molecule has 2 heterocycles. The molecule has 1 saturated heterocycles. The number of hydrogen-bond acceptors (Lipinski definition) is 3. The molecule has 19 heavy (non-hydrogen) atoms. The number of pyridine rings is 1. The third kappa shape index (κ3) is 3.73. The van der Waals surface area contributed by atoms with Crippen molar-refractivity contribution in [1.82, 2.24) is 14.8 Å². The number of aromatic nitrogens is 1. The molecule has 1 fully saturated rings. The summed E-state index contributed by atoms with van der Waals surface area (Å²) in [6.45, 7) is 2.89. The van der Waals surface area contributed by atoms with Gasteiger partial charge in [-0.05, 0) is 45.0 Å². The van der Waals surface area contributed by atoms with Crippen LogP contribution < -0.4 is 0 Å². The van der Waals surface area contributed by atoms with Crippen LogP contribution in [0.4, 0.5) is 4.39 Å². The van der Waals surface area contributed by atoms with E-state index < -0.39 is 5.95 Å². The Kier molecular flexibility index (Phi) is 4.47. The van der Waals surface area contributed by atoms with E-state index in [0.717, 1.165) is 32.5 Å². The van der Waals surface area contributed by atoms with E-state index in [-0.39, 0.29) is 5.91 Å². The lowest BCUT2D eigenvalue weighted by atomic mass is 9.96. The number of hydrogen-bond donors (Lipinski definition) is 0. The zero-order chi connectivity index (χ0) is 13.8. The van der Waals surface area contributed by atoms with E-state index in [1.807, 2.05) is 0 Å². The Bertz CT molecular complexity index is 444. The van der Waals surface area contributed by atoms with E-state index in [1.165, 1.54) is 12.3 Å². The number of halogens is 1. The van der Waals surface area contributed by atoms with Crippen molar-refractivity contribution in [1.29, 1.82) is 0 Å². The number of carbonyl (C=O) groups excluding carboxylic acids is 1. The van der Waals surface area contributed by atoms with Crippen LogP contribution in [0, 0.1) is 11.9 Å². The van der Waals surface area contributed by atoms with Crippen molar-refractivity contribution >= 4 is 5.91 Å². The Hall–Kier alpha value is -1.49. The number of likely N-dealkylation sites (tertiary alicyclic amines) is 1. The molecule has 104 valence electrons. The summed E-state index contributed by atoms with van der Waals surface area (Å²) < 4.78 is 13.0. The van der Waals surface area contributed by atoms with Crippen molar-refractivity contribution in [2.24, 2.45) is 5.92 Å². The largest absolute Gasteiger partial charge is 0.341 e. The number of amides is 1. The Morgan fingerprint density at radius 2 is 2.21 bits per heavy atom.